The summed E-state index contributed by atoms with van der Waals surface area (Å²) in [7, 11) is 0. The lowest BCUT2D eigenvalue weighted by molar-refractivity contribution is 0.500. The largest absolute Gasteiger partial charge is 0.333 e. The number of hydrogen-bond acceptors (Lipinski definition) is 4. The minimum Gasteiger partial charge on any atom is -0.333 e. The summed E-state index contributed by atoms with van der Waals surface area (Å²) in [5, 5.41) is 4.72. The van der Waals surface area contributed by atoms with Crippen LogP contribution in [0.4, 0.5) is 0 Å². The third-order valence-corrected chi connectivity index (χ3v) is 4.31. The number of rotatable bonds is 5. The van der Waals surface area contributed by atoms with E-state index in [1.54, 1.807) is 11.3 Å². The van der Waals surface area contributed by atoms with Gasteiger partial charge in [0.25, 0.3) is 0 Å². The van der Waals surface area contributed by atoms with Gasteiger partial charge in [0.05, 0.1) is 23.9 Å². The van der Waals surface area contributed by atoms with Crippen LogP contribution >= 0.6 is 11.3 Å². The predicted molar refractivity (Wildman–Crippen MR) is 79.6 cm³/mol. The summed E-state index contributed by atoms with van der Waals surface area (Å²) in [4.78, 5) is 10.3. The topological polar surface area (TPSA) is 42.7 Å². The van der Waals surface area contributed by atoms with Crippen LogP contribution in [0.25, 0.3) is 0 Å². The first kappa shape index (κ1) is 14.2. The fraction of sp³-hybridized carbons (Fsp3) is 0.571. The molecule has 0 aliphatic carbocycles. The number of thiazole rings is 1. The van der Waals surface area contributed by atoms with Crippen molar-refractivity contribution in [2.45, 2.75) is 53.2 Å². The van der Waals surface area contributed by atoms with Crippen LogP contribution in [0, 0.1) is 13.8 Å². The molecule has 0 saturated heterocycles. The Hall–Kier alpha value is -1.20. The lowest BCUT2D eigenvalue weighted by Crippen LogP contribution is -2.30. The molecule has 104 valence electrons. The van der Waals surface area contributed by atoms with Crippen molar-refractivity contribution in [2.75, 3.05) is 0 Å². The van der Waals surface area contributed by atoms with Crippen molar-refractivity contribution < 1.29 is 0 Å². The Bertz CT molecular complexity index is 522. The van der Waals surface area contributed by atoms with E-state index in [1.807, 2.05) is 12.5 Å². The molecule has 1 N–H and O–H groups in total. The minimum absolute atomic E-state index is 0.125. The van der Waals surface area contributed by atoms with Gasteiger partial charge >= 0.3 is 0 Å². The lowest BCUT2D eigenvalue weighted by Gasteiger charge is -2.20. The minimum atomic E-state index is 0.125. The second-order valence-electron chi connectivity index (χ2n) is 5.05. The van der Waals surface area contributed by atoms with Crippen LogP contribution in [0.5, 0.6) is 0 Å². The Morgan fingerprint density at radius 2 is 2.11 bits per heavy atom. The molecule has 2 aromatic rings. The number of nitrogens with zero attached hydrogens (tertiary/aromatic N) is 3. The summed E-state index contributed by atoms with van der Waals surface area (Å²) in [6, 6.07) is 0.523. The normalized spacial score (nSPS) is 13.2. The zero-order valence-corrected chi connectivity index (χ0v) is 13.1. The van der Waals surface area contributed by atoms with Crippen LogP contribution in [-0.2, 0) is 6.54 Å². The van der Waals surface area contributed by atoms with Gasteiger partial charge in [0.1, 0.15) is 11.0 Å². The molecule has 0 amide bonds. The van der Waals surface area contributed by atoms with E-state index >= 15 is 0 Å². The van der Waals surface area contributed by atoms with Crippen molar-refractivity contribution in [3.05, 3.63) is 33.8 Å². The maximum atomic E-state index is 4.71. The van der Waals surface area contributed by atoms with E-state index in [2.05, 4.69) is 49.5 Å². The third kappa shape index (κ3) is 3.04. The number of aryl methyl sites for hydroxylation is 3. The van der Waals surface area contributed by atoms with Crippen molar-refractivity contribution in [3.63, 3.8) is 0 Å². The molecule has 0 fully saturated rings. The Labute approximate surface area is 118 Å². The summed E-state index contributed by atoms with van der Waals surface area (Å²) in [6.45, 7) is 11.6. The number of aromatic nitrogens is 3. The zero-order valence-electron chi connectivity index (χ0n) is 12.3. The molecule has 2 rings (SSSR count). The molecule has 0 aliphatic rings. The molecule has 0 bridgehead atoms. The van der Waals surface area contributed by atoms with E-state index in [0.29, 0.717) is 6.04 Å². The van der Waals surface area contributed by atoms with Gasteiger partial charge in [0.2, 0.25) is 0 Å². The molecule has 1 atom stereocenters. The highest BCUT2D eigenvalue weighted by molar-refractivity contribution is 7.11. The molecule has 1 unspecified atom stereocenters. The van der Waals surface area contributed by atoms with Gasteiger partial charge in [0.15, 0.2) is 0 Å². The molecule has 0 radical (unpaired) electrons. The quantitative estimate of drug-likeness (QED) is 0.914. The Morgan fingerprint density at radius 1 is 1.37 bits per heavy atom. The molecule has 2 aromatic heterocycles. The van der Waals surface area contributed by atoms with E-state index in [4.69, 9.17) is 4.98 Å². The summed E-state index contributed by atoms with van der Waals surface area (Å²) >= 11 is 1.77. The van der Waals surface area contributed by atoms with E-state index in [9.17, 15) is 0 Å². The number of hydrogen-bond donors (Lipinski definition) is 1. The zero-order chi connectivity index (χ0) is 14.0. The second-order valence-corrected chi connectivity index (χ2v) is 6.29. The molecule has 0 aromatic carbocycles. The van der Waals surface area contributed by atoms with Crippen molar-refractivity contribution in [1.82, 2.24) is 19.9 Å². The van der Waals surface area contributed by atoms with E-state index in [1.165, 1.54) is 10.6 Å². The monoisotopic (exact) mass is 278 g/mol. The second kappa shape index (κ2) is 5.84. The molecule has 2 heterocycles. The molecule has 5 heteroatoms. The predicted octanol–water partition coefficient (Wildman–Crippen LogP) is 3.06. The van der Waals surface area contributed by atoms with Crippen LogP contribution < -0.4 is 5.32 Å². The molecule has 19 heavy (non-hydrogen) atoms. The first-order valence-electron chi connectivity index (χ1n) is 6.73. The summed E-state index contributed by atoms with van der Waals surface area (Å²) in [6.07, 6.45) is 3.83. The van der Waals surface area contributed by atoms with Gasteiger partial charge < -0.3 is 9.88 Å². The molecular formula is C14H22N4S. The maximum absolute atomic E-state index is 4.71. The molecular weight excluding hydrogens is 256 g/mol. The van der Waals surface area contributed by atoms with Gasteiger partial charge in [-0.25, -0.2) is 9.97 Å². The fourth-order valence-electron chi connectivity index (χ4n) is 2.07. The van der Waals surface area contributed by atoms with Gasteiger partial charge in [-0.2, -0.15) is 0 Å². The van der Waals surface area contributed by atoms with E-state index in [0.717, 1.165) is 17.2 Å². The van der Waals surface area contributed by atoms with Gasteiger partial charge in [-0.05, 0) is 34.6 Å². The van der Waals surface area contributed by atoms with Crippen LogP contribution in [0.2, 0.25) is 0 Å². The number of imidazole rings is 1. The summed E-state index contributed by atoms with van der Waals surface area (Å²) < 4.78 is 2.17. The summed E-state index contributed by atoms with van der Waals surface area (Å²) in [5.74, 6) is 0. The highest BCUT2D eigenvalue weighted by Gasteiger charge is 2.22. The molecule has 0 saturated carbocycles. The number of nitrogens with one attached hydrogen (secondary N) is 1. The van der Waals surface area contributed by atoms with Crippen molar-refractivity contribution in [3.8, 4) is 0 Å². The van der Waals surface area contributed by atoms with Gasteiger partial charge in [-0.15, -0.1) is 11.3 Å². The third-order valence-electron chi connectivity index (χ3n) is 3.17. The fourth-order valence-corrected chi connectivity index (χ4v) is 3.07. The molecule has 4 nitrogen and oxygen atoms in total. The van der Waals surface area contributed by atoms with E-state index in [-0.39, 0.29) is 6.04 Å². The van der Waals surface area contributed by atoms with Crippen molar-refractivity contribution in [1.29, 1.82) is 0 Å². The Morgan fingerprint density at radius 3 is 2.63 bits per heavy atom. The first-order valence-corrected chi connectivity index (χ1v) is 7.54. The van der Waals surface area contributed by atoms with Crippen LogP contribution in [0.3, 0.4) is 0 Å². The first-order chi connectivity index (χ1) is 9.02. The van der Waals surface area contributed by atoms with Gasteiger partial charge in [-0.3, -0.25) is 0 Å². The average molecular weight is 278 g/mol. The summed E-state index contributed by atoms with van der Waals surface area (Å²) in [5.41, 5.74) is 2.31. The van der Waals surface area contributed by atoms with Crippen molar-refractivity contribution >= 4 is 11.3 Å². The van der Waals surface area contributed by atoms with Gasteiger partial charge in [0, 0.05) is 17.5 Å². The molecule has 0 aliphatic heterocycles. The highest BCUT2D eigenvalue weighted by atomic mass is 32.1. The van der Waals surface area contributed by atoms with Crippen LogP contribution in [-0.4, -0.2) is 20.6 Å². The molecule has 0 spiro atoms. The van der Waals surface area contributed by atoms with E-state index < -0.39 is 0 Å². The Kier molecular flexibility index (Phi) is 4.37. The van der Waals surface area contributed by atoms with Crippen LogP contribution in [0.1, 0.15) is 48.1 Å². The highest BCUT2D eigenvalue weighted by Crippen LogP contribution is 2.28. The Balaban J connectivity index is 2.41. The lowest BCUT2D eigenvalue weighted by atomic mass is 10.2. The SMILES string of the molecule is CCn1cncc1C(NC(C)C)c1nc(C)c(C)s1. The maximum Gasteiger partial charge on any atom is 0.116 e. The van der Waals surface area contributed by atoms with Crippen LogP contribution in [0.15, 0.2) is 12.5 Å². The average Bonchev–Trinajstić information content (AvgIpc) is 2.93. The van der Waals surface area contributed by atoms with Gasteiger partial charge in [-0.1, -0.05) is 0 Å². The standard InChI is InChI=1S/C14H22N4S/c1-6-18-8-15-7-12(18)13(16-9(2)3)14-17-10(4)11(5)19-14/h7-9,13,16H,6H2,1-5H3. The smallest absolute Gasteiger partial charge is 0.116 e. The van der Waals surface area contributed by atoms with Crippen molar-refractivity contribution in [2.24, 2.45) is 0 Å².